The average Bonchev–Trinajstić information content (AvgIpc) is 1.27. The van der Waals surface area contributed by atoms with Crippen LogP contribution in [0.4, 0.5) is 0 Å². The SMILES string of the molecule is CC(=O)NC(C)=O.O. The molecule has 3 N–H and O–H groups in total. The first-order chi connectivity index (χ1) is 3.13. The molecule has 0 bridgehead atoms. The molecule has 0 spiro atoms. The summed E-state index contributed by atoms with van der Waals surface area (Å²) in [4.78, 5) is 19.8. The zero-order valence-corrected chi connectivity index (χ0v) is 4.82. The third-order valence-electron chi connectivity index (χ3n) is 0.352. The minimum atomic E-state index is -0.312. The Labute approximate surface area is 47.2 Å². The summed E-state index contributed by atoms with van der Waals surface area (Å²) in [5.41, 5.74) is 0. The van der Waals surface area contributed by atoms with Gasteiger partial charge in [0.2, 0.25) is 11.8 Å². The molecule has 4 nitrogen and oxygen atoms in total. The van der Waals surface area contributed by atoms with Crippen LogP contribution in [0.15, 0.2) is 0 Å². The predicted octanol–water partition coefficient (Wildman–Crippen LogP) is -1.16. The molecule has 0 aromatic heterocycles. The van der Waals surface area contributed by atoms with E-state index in [1.165, 1.54) is 13.8 Å². The highest BCUT2D eigenvalue weighted by atomic mass is 16.2. The Morgan fingerprint density at radius 3 is 1.38 bits per heavy atom. The van der Waals surface area contributed by atoms with Crippen LogP contribution in [0.25, 0.3) is 0 Å². The first-order valence-electron chi connectivity index (χ1n) is 1.91. The van der Waals surface area contributed by atoms with Gasteiger partial charge in [0.15, 0.2) is 0 Å². The van der Waals surface area contributed by atoms with Crippen LogP contribution in [0.1, 0.15) is 13.8 Å². The van der Waals surface area contributed by atoms with Crippen molar-refractivity contribution in [2.24, 2.45) is 0 Å². The lowest BCUT2D eigenvalue weighted by molar-refractivity contribution is -0.127. The van der Waals surface area contributed by atoms with Gasteiger partial charge in [0.25, 0.3) is 0 Å². The molecule has 8 heavy (non-hydrogen) atoms. The van der Waals surface area contributed by atoms with E-state index >= 15 is 0 Å². The van der Waals surface area contributed by atoms with Gasteiger partial charge < -0.3 is 5.48 Å². The largest absolute Gasteiger partial charge is 0.412 e. The maximum absolute atomic E-state index is 9.92. The van der Waals surface area contributed by atoms with E-state index in [1.807, 2.05) is 5.32 Å². The Bertz CT molecular complexity index is 87.5. The average molecular weight is 119 g/mol. The van der Waals surface area contributed by atoms with Crippen LogP contribution in [-0.2, 0) is 9.59 Å². The number of amides is 2. The summed E-state index contributed by atoms with van der Waals surface area (Å²) in [6.07, 6.45) is 0. The van der Waals surface area contributed by atoms with Gasteiger partial charge >= 0.3 is 0 Å². The number of nitrogens with one attached hydrogen (secondary N) is 1. The van der Waals surface area contributed by atoms with Crippen LogP contribution in [0.2, 0.25) is 0 Å². The van der Waals surface area contributed by atoms with Crippen molar-refractivity contribution < 1.29 is 15.1 Å². The molecular formula is C4H9NO3. The third kappa shape index (κ3) is 8.92. The van der Waals surface area contributed by atoms with Gasteiger partial charge in [0, 0.05) is 13.8 Å². The fraction of sp³-hybridized carbons (Fsp3) is 0.500. The quantitative estimate of drug-likeness (QED) is 0.436. The summed E-state index contributed by atoms with van der Waals surface area (Å²) >= 11 is 0. The van der Waals surface area contributed by atoms with Gasteiger partial charge in [-0.05, 0) is 0 Å². The first kappa shape index (κ1) is 10.2. The van der Waals surface area contributed by atoms with E-state index in [9.17, 15) is 9.59 Å². The molecule has 0 aromatic rings. The highest BCUT2D eigenvalue weighted by molar-refractivity contribution is 5.92. The lowest BCUT2D eigenvalue weighted by atomic mass is 10.6. The van der Waals surface area contributed by atoms with Crippen molar-refractivity contribution in [1.82, 2.24) is 5.32 Å². The van der Waals surface area contributed by atoms with Crippen LogP contribution in [0.3, 0.4) is 0 Å². The topological polar surface area (TPSA) is 77.7 Å². The van der Waals surface area contributed by atoms with Gasteiger partial charge in [-0.2, -0.15) is 0 Å². The molecule has 0 unspecified atom stereocenters. The Morgan fingerprint density at radius 2 is 1.38 bits per heavy atom. The van der Waals surface area contributed by atoms with Crippen molar-refractivity contribution in [2.75, 3.05) is 0 Å². The predicted molar refractivity (Wildman–Crippen MR) is 28.1 cm³/mol. The summed E-state index contributed by atoms with van der Waals surface area (Å²) in [5, 5.41) is 2.03. The molecule has 0 radical (unpaired) electrons. The van der Waals surface area contributed by atoms with E-state index in [0.29, 0.717) is 0 Å². The molecule has 0 aliphatic carbocycles. The standard InChI is InChI=1S/C4H7NO2.H2O/c1-3(6)5-4(2)7;/h1-2H3,(H,5,6,7);1H2. The van der Waals surface area contributed by atoms with Gasteiger partial charge in [-0.25, -0.2) is 0 Å². The van der Waals surface area contributed by atoms with E-state index in [0.717, 1.165) is 0 Å². The van der Waals surface area contributed by atoms with E-state index in [2.05, 4.69) is 0 Å². The smallest absolute Gasteiger partial charge is 0.223 e. The van der Waals surface area contributed by atoms with Crippen molar-refractivity contribution >= 4 is 11.8 Å². The first-order valence-corrected chi connectivity index (χ1v) is 1.91. The fourth-order valence-corrected chi connectivity index (χ4v) is 0.248. The summed E-state index contributed by atoms with van der Waals surface area (Å²) in [6, 6.07) is 0. The molecule has 0 aromatic carbocycles. The Balaban J connectivity index is 0. The monoisotopic (exact) mass is 119 g/mol. The van der Waals surface area contributed by atoms with Crippen LogP contribution >= 0.6 is 0 Å². The molecule has 0 heterocycles. The number of rotatable bonds is 0. The minimum Gasteiger partial charge on any atom is -0.412 e. The van der Waals surface area contributed by atoms with Crippen molar-refractivity contribution in [3.05, 3.63) is 0 Å². The van der Waals surface area contributed by atoms with Crippen molar-refractivity contribution in [2.45, 2.75) is 13.8 Å². The van der Waals surface area contributed by atoms with E-state index in [-0.39, 0.29) is 17.3 Å². The van der Waals surface area contributed by atoms with E-state index < -0.39 is 0 Å². The minimum absolute atomic E-state index is 0. The summed E-state index contributed by atoms with van der Waals surface area (Å²) < 4.78 is 0. The van der Waals surface area contributed by atoms with Gasteiger partial charge in [-0.1, -0.05) is 0 Å². The number of hydrogen-bond donors (Lipinski definition) is 1. The molecule has 0 aliphatic heterocycles. The highest BCUT2D eigenvalue weighted by Crippen LogP contribution is 1.58. The molecular weight excluding hydrogens is 110 g/mol. The second-order valence-electron chi connectivity index (χ2n) is 1.24. The van der Waals surface area contributed by atoms with Gasteiger partial charge in [0.05, 0.1) is 0 Å². The Kier molecular flexibility index (Phi) is 5.41. The van der Waals surface area contributed by atoms with Crippen molar-refractivity contribution in [1.29, 1.82) is 0 Å². The Hall–Kier alpha value is -0.900. The van der Waals surface area contributed by atoms with Crippen molar-refractivity contribution in [3.8, 4) is 0 Å². The molecule has 0 saturated carbocycles. The summed E-state index contributed by atoms with van der Waals surface area (Å²) in [7, 11) is 0. The molecule has 48 valence electrons. The molecule has 0 rings (SSSR count). The van der Waals surface area contributed by atoms with E-state index in [4.69, 9.17) is 0 Å². The van der Waals surface area contributed by atoms with E-state index in [1.54, 1.807) is 0 Å². The maximum Gasteiger partial charge on any atom is 0.223 e. The van der Waals surface area contributed by atoms with Gasteiger partial charge in [-0.15, -0.1) is 0 Å². The maximum atomic E-state index is 9.92. The van der Waals surface area contributed by atoms with Crippen LogP contribution in [0.5, 0.6) is 0 Å². The van der Waals surface area contributed by atoms with Crippen LogP contribution in [0, 0.1) is 0 Å². The molecule has 0 saturated heterocycles. The molecule has 2 amide bonds. The lowest BCUT2D eigenvalue weighted by Crippen LogP contribution is -2.24. The summed E-state index contributed by atoms with van der Waals surface area (Å²) in [5.74, 6) is -0.625. The number of carbonyl (C=O) groups excluding carboxylic acids is 2. The highest BCUT2D eigenvalue weighted by Gasteiger charge is 1.90. The summed E-state index contributed by atoms with van der Waals surface area (Å²) in [6.45, 7) is 2.59. The normalized spacial score (nSPS) is 6.75. The molecule has 0 atom stereocenters. The lowest BCUT2D eigenvalue weighted by Gasteiger charge is -1.88. The molecule has 4 heteroatoms. The van der Waals surface area contributed by atoms with Crippen molar-refractivity contribution in [3.63, 3.8) is 0 Å². The van der Waals surface area contributed by atoms with Gasteiger partial charge in [-0.3, -0.25) is 14.9 Å². The molecule has 0 fully saturated rings. The zero-order valence-electron chi connectivity index (χ0n) is 4.82. The number of hydrogen-bond acceptors (Lipinski definition) is 2. The van der Waals surface area contributed by atoms with Crippen LogP contribution < -0.4 is 5.32 Å². The zero-order chi connectivity index (χ0) is 5.86. The van der Waals surface area contributed by atoms with Gasteiger partial charge in [0.1, 0.15) is 0 Å². The fourth-order valence-electron chi connectivity index (χ4n) is 0.248. The second-order valence-corrected chi connectivity index (χ2v) is 1.24. The molecule has 0 aliphatic rings. The number of imide groups is 1. The number of carbonyl (C=O) groups is 2. The Morgan fingerprint density at radius 1 is 1.12 bits per heavy atom. The van der Waals surface area contributed by atoms with Crippen LogP contribution in [-0.4, -0.2) is 17.3 Å². The third-order valence-corrected chi connectivity index (χ3v) is 0.352. The second kappa shape index (κ2) is 4.26.